The summed E-state index contributed by atoms with van der Waals surface area (Å²) in [6, 6.07) is 11.9. The lowest BCUT2D eigenvalue weighted by molar-refractivity contribution is 0.0646. The van der Waals surface area contributed by atoms with Crippen molar-refractivity contribution in [2.45, 2.75) is 20.1 Å². The Hall–Kier alpha value is -1.62. The molecule has 1 atom stereocenters. The number of anilines is 1. The van der Waals surface area contributed by atoms with E-state index in [4.69, 9.17) is 44.3 Å². The minimum atomic E-state index is -0.868. The van der Waals surface area contributed by atoms with Crippen molar-refractivity contribution in [2.24, 2.45) is 0 Å². The maximum absolute atomic E-state index is 12.0. The van der Waals surface area contributed by atoms with Gasteiger partial charge in [-0.1, -0.05) is 40.9 Å². The van der Waals surface area contributed by atoms with Crippen molar-refractivity contribution in [1.29, 1.82) is 0 Å². The van der Waals surface area contributed by atoms with Gasteiger partial charge in [0.2, 0.25) is 0 Å². The van der Waals surface area contributed by atoms with Gasteiger partial charge >= 0.3 is 6.16 Å². The molecule has 2 aromatic carbocycles. The maximum atomic E-state index is 12.0. The Morgan fingerprint density at radius 3 is 2.50 bits per heavy atom. The second-order valence-corrected chi connectivity index (χ2v) is 6.19. The number of carbonyl (C=O) groups excluding carboxylic acids is 1. The minimum Gasteiger partial charge on any atom is -0.410 e. The molecule has 1 unspecified atom stereocenters. The van der Waals surface area contributed by atoms with E-state index in [1.165, 1.54) is 6.07 Å². The van der Waals surface area contributed by atoms with Crippen LogP contribution in [0.15, 0.2) is 42.5 Å². The summed E-state index contributed by atoms with van der Waals surface area (Å²) in [5.41, 5.74) is 0.839. The van der Waals surface area contributed by atoms with Gasteiger partial charge in [0, 0.05) is 28.3 Å². The lowest BCUT2D eigenvalue weighted by Gasteiger charge is -2.29. The van der Waals surface area contributed by atoms with Gasteiger partial charge in [-0.3, -0.25) is 0 Å². The standard InChI is InChI=1S/C17H16Cl3NO3/c1-3-21(14-6-4-5-12(18)9-14)11(2)23-17(22)24-16-10-13(19)7-8-15(16)20/h4-11H,3H2,1-2H3. The molecule has 0 heterocycles. The molecule has 2 rings (SSSR count). The first kappa shape index (κ1) is 18.7. The highest BCUT2D eigenvalue weighted by Crippen LogP contribution is 2.28. The van der Waals surface area contributed by atoms with Crippen molar-refractivity contribution in [3.63, 3.8) is 0 Å². The Kier molecular flexibility index (Phi) is 6.60. The fourth-order valence-corrected chi connectivity index (χ4v) is 2.68. The first-order chi connectivity index (χ1) is 11.4. The third-order valence-electron chi connectivity index (χ3n) is 3.27. The predicted octanol–water partition coefficient (Wildman–Crippen LogP) is 6.03. The lowest BCUT2D eigenvalue weighted by Crippen LogP contribution is -2.37. The summed E-state index contributed by atoms with van der Waals surface area (Å²) in [4.78, 5) is 13.9. The van der Waals surface area contributed by atoms with Gasteiger partial charge in [-0.2, -0.15) is 0 Å². The average Bonchev–Trinajstić information content (AvgIpc) is 2.51. The van der Waals surface area contributed by atoms with Gasteiger partial charge in [-0.05, 0) is 44.2 Å². The topological polar surface area (TPSA) is 38.8 Å². The fourth-order valence-electron chi connectivity index (χ4n) is 2.18. The molecule has 0 aromatic heterocycles. The smallest absolute Gasteiger partial charge is 0.410 e. The molecule has 0 aliphatic heterocycles. The van der Waals surface area contributed by atoms with Crippen molar-refractivity contribution in [2.75, 3.05) is 11.4 Å². The van der Waals surface area contributed by atoms with E-state index in [0.29, 0.717) is 16.6 Å². The van der Waals surface area contributed by atoms with Crippen LogP contribution in [0.3, 0.4) is 0 Å². The van der Waals surface area contributed by atoms with Gasteiger partial charge in [0.1, 0.15) is 0 Å². The SMILES string of the molecule is CCN(c1cccc(Cl)c1)C(C)OC(=O)Oc1cc(Cl)ccc1Cl. The molecule has 0 spiro atoms. The summed E-state index contributed by atoms with van der Waals surface area (Å²) in [5, 5.41) is 1.28. The van der Waals surface area contributed by atoms with Crippen LogP contribution < -0.4 is 9.64 Å². The van der Waals surface area contributed by atoms with Crippen LogP contribution in [0.25, 0.3) is 0 Å². The monoisotopic (exact) mass is 387 g/mol. The Labute approximate surface area is 155 Å². The third-order valence-corrected chi connectivity index (χ3v) is 4.06. The van der Waals surface area contributed by atoms with Crippen LogP contribution in [-0.2, 0) is 4.74 Å². The first-order valence-corrected chi connectivity index (χ1v) is 8.39. The zero-order chi connectivity index (χ0) is 17.7. The molecule has 24 heavy (non-hydrogen) atoms. The second kappa shape index (κ2) is 8.47. The van der Waals surface area contributed by atoms with Crippen molar-refractivity contribution >= 4 is 46.6 Å². The second-order valence-electron chi connectivity index (χ2n) is 4.91. The van der Waals surface area contributed by atoms with Gasteiger partial charge in [-0.15, -0.1) is 0 Å². The zero-order valence-electron chi connectivity index (χ0n) is 13.1. The molecule has 4 nitrogen and oxygen atoms in total. The summed E-state index contributed by atoms with van der Waals surface area (Å²) >= 11 is 17.8. The normalized spacial score (nSPS) is 11.7. The first-order valence-electron chi connectivity index (χ1n) is 7.26. The van der Waals surface area contributed by atoms with Crippen molar-refractivity contribution in [1.82, 2.24) is 0 Å². The molecule has 0 radical (unpaired) electrons. The van der Waals surface area contributed by atoms with Crippen LogP contribution in [-0.4, -0.2) is 18.9 Å². The summed E-state index contributed by atoms with van der Waals surface area (Å²) in [5.74, 6) is 0.146. The third kappa shape index (κ3) is 4.94. The molecular weight excluding hydrogens is 373 g/mol. The van der Waals surface area contributed by atoms with Crippen LogP contribution in [0.5, 0.6) is 5.75 Å². The zero-order valence-corrected chi connectivity index (χ0v) is 15.4. The van der Waals surface area contributed by atoms with Gasteiger partial charge in [0.15, 0.2) is 12.0 Å². The molecule has 0 amide bonds. The van der Waals surface area contributed by atoms with Crippen molar-refractivity contribution in [3.8, 4) is 5.75 Å². The predicted molar refractivity (Wildman–Crippen MR) is 97.5 cm³/mol. The maximum Gasteiger partial charge on any atom is 0.515 e. The van der Waals surface area contributed by atoms with E-state index in [9.17, 15) is 4.79 Å². The van der Waals surface area contributed by atoms with Crippen molar-refractivity contribution < 1.29 is 14.3 Å². The van der Waals surface area contributed by atoms with Crippen LogP contribution in [0.4, 0.5) is 10.5 Å². The number of hydrogen-bond acceptors (Lipinski definition) is 4. The minimum absolute atomic E-state index is 0.146. The summed E-state index contributed by atoms with van der Waals surface area (Å²) in [7, 11) is 0. The Balaban J connectivity index is 2.05. The number of hydrogen-bond donors (Lipinski definition) is 0. The van der Waals surface area contributed by atoms with E-state index in [1.807, 2.05) is 24.0 Å². The quantitative estimate of drug-likeness (QED) is 0.356. The van der Waals surface area contributed by atoms with Crippen LogP contribution in [0.1, 0.15) is 13.8 Å². The number of ether oxygens (including phenoxy) is 2. The van der Waals surface area contributed by atoms with E-state index >= 15 is 0 Å². The Morgan fingerprint density at radius 2 is 1.83 bits per heavy atom. The molecule has 0 fully saturated rings. The molecule has 7 heteroatoms. The van der Waals surface area contributed by atoms with Crippen molar-refractivity contribution in [3.05, 3.63) is 57.5 Å². The van der Waals surface area contributed by atoms with Gasteiger partial charge in [0.25, 0.3) is 0 Å². The van der Waals surface area contributed by atoms with E-state index in [-0.39, 0.29) is 10.8 Å². The fraction of sp³-hybridized carbons (Fsp3) is 0.235. The molecule has 0 bridgehead atoms. The molecule has 0 aliphatic carbocycles. The van der Waals surface area contributed by atoms with E-state index < -0.39 is 12.4 Å². The number of benzene rings is 2. The molecule has 0 saturated heterocycles. The molecule has 0 aliphatic rings. The highest BCUT2D eigenvalue weighted by molar-refractivity contribution is 6.34. The summed E-state index contributed by atoms with van der Waals surface area (Å²) < 4.78 is 10.4. The molecule has 128 valence electrons. The van der Waals surface area contributed by atoms with Gasteiger partial charge in [0.05, 0.1) is 5.02 Å². The molecule has 0 N–H and O–H groups in total. The molecule has 2 aromatic rings. The Bertz CT molecular complexity index is 724. The van der Waals surface area contributed by atoms with E-state index in [0.717, 1.165) is 5.69 Å². The lowest BCUT2D eigenvalue weighted by atomic mass is 10.3. The Morgan fingerprint density at radius 1 is 1.12 bits per heavy atom. The molecular formula is C17H16Cl3NO3. The number of rotatable bonds is 5. The van der Waals surface area contributed by atoms with E-state index in [2.05, 4.69) is 0 Å². The van der Waals surface area contributed by atoms with Crippen LogP contribution in [0.2, 0.25) is 15.1 Å². The summed E-state index contributed by atoms with van der Waals surface area (Å²) in [6.45, 7) is 4.30. The van der Waals surface area contributed by atoms with E-state index in [1.54, 1.807) is 31.2 Å². The number of nitrogens with zero attached hydrogens (tertiary/aromatic N) is 1. The largest absolute Gasteiger partial charge is 0.515 e. The number of carbonyl (C=O) groups is 1. The number of halogens is 3. The molecule has 0 saturated carbocycles. The highest BCUT2D eigenvalue weighted by Gasteiger charge is 2.19. The van der Waals surface area contributed by atoms with Crippen LogP contribution >= 0.6 is 34.8 Å². The highest BCUT2D eigenvalue weighted by atomic mass is 35.5. The van der Waals surface area contributed by atoms with Gasteiger partial charge in [-0.25, -0.2) is 4.79 Å². The average molecular weight is 389 g/mol. The summed E-state index contributed by atoms with van der Waals surface area (Å²) in [6.07, 6.45) is -1.42. The van der Waals surface area contributed by atoms with Crippen LogP contribution in [0, 0.1) is 0 Å². The van der Waals surface area contributed by atoms with Gasteiger partial charge < -0.3 is 14.4 Å².